The van der Waals surface area contributed by atoms with Gasteiger partial charge in [-0.2, -0.15) is 0 Å². The highest BCUT2D eigenvalue weighted by Crippen LogP contribution is 2.35. The van der Waals surface area contributed by atoms with Gasteiger partial charge in [-0.15, -0.1) is 0 Å². The van der Waals surface area contributed by atoms with Crippen LogP contribution in [0.1, 0.15) is 43.7 Å². The lowest BCUT2D eigenvalue weighted by atomic mass is 9.93. The molecular weight excluding hydrogens is 210 g/mol. The van der Waals surface area contributed by atoms with Gasteiger partial charge in [-0.05, 0) is 48.4 Å². The maximum atomic E-state index is 9.20. The largest absolute Gasteiger partial charge is 0.396 e. The molecule has 0 bridgehead atoms. The molecule has 1 unspecified atom stereocenters. The summed E-state index contributed by atoms with van der Waals surface area (Å²) >= 11 is 0. The lowest BCUT2D eigenvalue weighted by Crippen LogP contribution is -2.15. The molecule has 0 radical (unpaired) electrons. The Morgan fingerprint density at radius 2 is 2.18 bits per heavy atom. The summed E-state index contributed by atoms with van der Waals surface area (Å²) in [5, 5.41) is 10.5. The van der Waals surface area contributed by atoms with E-state index in [2.05, 4.69) is 42.0 Å². The Labute approximate surface area is 102 Å². The highest BCUT2D eigenvalue weighted by molar-refractivity contribution is 5.81. The van der Waals surface area contributed by atoms with Gasteiger partial charge in [-0.25, -0.2) is 0 Å². The monoisotopic (exact) mass is 229 g/mol. The van der Waals surface area contributed by atoms with Crippen molar-refractivity contribution in [2.75, 3.05) is 6.61 Å². The highest BCUT2D eigenvalue weighted by atomic mass is 16.3. The Hall–Kier alpha value is -1.28. The number of hydrogen-bond donors (Lipinski definition) is 1. The van der Waals surface area contributed by atoms with Crippen molar-refractivity contribution in [3.05, 3.63) is 36.0 Å². The average molecular weight is 229 g/mol. The standard InChI is InChI=1S/C15H19NO/c1-11(10-17)12-5-6-15-13(9-12)7-8-16(15)14-3-2-4-14/h5-9,11,14,17H,2-4,10H2,1H3. The van der Waals surface area contributed by atoms with E-state index in [1.165, 1.54) is 35.7 Å². The molecule has 1 aliphatic carbocycles. The maximum Gasteiger partial charge on any atom is 0.0497 e. The second-order valence-corrected chi connectivity index (χ2v) is 5.21. The fourth-order valence-corrected chi connectivity index (χ4v) is 2.58. The molecule has 0 amide bonds. The molecule has 1 aromatic carbocycles. The summed E-state index contributed by atoms with van der Waals surface area (Å²) in [6.07, 6.45) is 6.21. The van der Waals surface area contributed by atoms with Crippen molar-refractivity contribution in [1.29, 1.82) is 0 Å². The van der Waals surface area contributed by atoms with Crippen molar-refractivity contribution >= 4 is 10.9 Å². The molecule has 2 heteroatoms. The fraction of sp³-hybridized carbons (Fsp3) is 0.467. The van der Waals surface area contributed by atoms with Crippen molar-refractivity contribution in [3.63, 3.8) is 0 Å². The number of aliphatic hydroxyl groups excluding tert-OH is 1. The van der Waals surface area contributed by atoms with Gasteiger partial charge in [0.05, 0.1) is 0 Å². The zero-order chi connectivity index (χ0) is 11.8. The van der Waals surface area contributed by atoms with E-state index in [1.54, 1.807) is 0 Å². The molecule has 90 valence electrons. The van der Waals surface area contributed by atoms with E-state index in [0.29, 0.717) is 6.04 Å². The van der Waals surface area contributed by atoms with Gasteiger partial charge in [0.25, 0.3) is 0 Å². The predicted octanol–water partition coefficient (Wildman–Crippen LogP) is 3.46. The van der Waals surface area contributed by atoms with Crippen LogP contribution in [0.5, 0.6) is 0 Å². The van der Waals surface area contributed by atoms with E-state index in [4.69, 9.17) is 0 Å². The molecule has 1 N–H and O–H groups in total. The first-order valence-corrected chi connectivity index (χ1v) is 6.51. The molecule has 2 nitrogen and oxygen atoms in total. The van der Waals surface area contributed by atoms with Gasteiger partial charge in [0, 0.05) is 30.3 Å². The van der Waals surface area contributed by atoms with E-state index < -0.39 is 0 Å². The summed E-state index contributed by atoms with van der Waals surface area (Å²) < 4.78 is 2.41. The number of fused-ring (bicyclic) bond motifs is 1. The first-order valence-electron chi connectivity index (χ1n) is 6.51. The van der Waals surface area contributed by atoms with Crippen molar-refractivity contribution < 1.29 is 5.11 Å². The Morgan fingerprint density at radius 3 is 2.82 bits per heavy atom. The number of hydrogen-bond acceptors (Lipinski definition) is 1. The second-order valence-electron chi connectivity index (χ2n) is 5.21. The van der Waals surface area contributed by atoms with Gasteiger partial charge in [-0.1, -0.05) is 13.0 Å². The summed E-state index contributed by atoms with van der Waals surface area (Å²) in [7, 11) is 0. The SMILES string of the molecule is CC(CO)c1ccc2c(ccn2C2CCC2)c1. The molecule has 1 saturated carbocycles. The molecule has 2 aromatic rings. The van der Waals surface area contributed by atoms with Crippen LogP contribution in [-0.4, -0.2) is 16.3 Å². The normalized spacial score (nSPS) is 18.2. The van der Waals surface area contributed by atoms with E-state index in [9.17, 15) is 5.11 Å². The molecule has 1 aliphatic rings. The smallest absolute Gasteiger partial charge is 0.0497 e. The van der Waals surface area contributed by atoms with Crippen LogP contribution in [0, 0.1) is 0 Å². The van der Waals surface area contributed by atoms with Crippen LogP contribution in [0.15, 0.2) is 30.5 Å². The second kappa shape index (κ2) is 4.19. The molecule has 17 heavy (non-hydrogen) atoms. The third-order valence-electron chi connectivity index (χ3n) is 4.06. The minimum absolute atomic E-state index is 0.217. The third-order valence-corrected chi connectivity index (χ3v) is 4.06. The van der Waals surface area contributed by atoms with Gasteiger partial charge in [0.15, 0.2) is 0 Å². The van der Waals surface area contributed by atoms with Crippen LogP contribution in [0.2, 0.25) is 0 Å². The van der Waals surface area contributed by atoms with Gasteiger partial charge in [0.2, 0.25) is 0 Å². The predicted molar refractivity (Wildman–Crippen MR) is 70.3 cm³/mol. The summed E-state index contributed by atoms with van der Waals surface area (Å²) in [5.74, 6) is 0.228. The van der Waals surface area contributed by atoms with Crippen molar-refractivity contribution in [2.24, 2.45) is 0 Å². The van der Waals surface area contributed by atoms with Crippen LogP contribution in [0.25, 0.3) is 10.9 Å². The summed E-state index contributed by atoms with van der Waals surface area (Å²) in [6.45, 7) is 2.28. The lowest BCUT2D eigenvalue weighted by Gasteiger charge is -2.28. The van der Waals surface area contributed by atoms with E-state index in [-0.39, 0.29) is 12.5 Å². The molecule has 0 saturated heterocycles. The Morgan fingerprint density at radius 1 is 1.35 bits per heavy atom. The molecule has 1 aromatic heterocycles. The minimum atomic E-state index is 0.217. The van der Waals surface area contributed by atoms with Crippen LogP contribution in [-0.2, 0) is 0 Å². The highest BCUT2D eigenvalue weighted by Gasteiger charge is 2.20. The van der Waals surface area contributed by atoms with Crippen LogP contribution in [0.4, 0.5) is 0 Å². The average Bonchev–Trinajstić information content (AvgIpc) is 2.69. The van der Waals surface area contributed by atoms with E-state index in [0.717, 1.165) is 0 Å². The summed E-state index contributed by atoms with van der Waals surface area (Å²) in [6, 6.07) is 9.48. The number of rotatable bonds is 3. The lowest BCUT2D eigenvalue weighted by molar-refractivity contribution is 0.273. The Kier molecular flexibility index (Phi) is 2.67. The van der Waals surface area contributed by atoms with Crippen molar-refractivity contribution in [2.45, 2.75) is 38.1 Å². The van der Waals surface area contributed by atoms with Crippen LogP contribution < -0.4 is 0 Å². The molecule has 1 fully saturated rings. The quantitative estimate of drug-likeness (QED) is 0.856. The van der Waals surface area contributed by atoms with Gasteiger partial charge in [-0.3, -0.25) is 0 Å². The van der Waals surface area contributed by atoms with Gasteiger partial charge < -0.3 is 9.67 Å². The third kappa shape index (κ3) is 1.77. The minimum Gasteiger partial charge on any atom is -0.396 e. The molecule has 1 heterocycles. The molecule has 0 spiro atoms. The zero-order valence-electron chi connectivity index (χ0n) is 10.3. The molecule has 1 atom stereocenters. The van der Waals surface area contributed by atoms with Crippen molar-refractivity contribution in [3.8, 4) is 0 Å². The maximum absolute atomic E-state index is 9.20. The Balaban J connectivity index is 2.01. The molecule has 0 aliphatic heterocycles. The van der Waals surface area contributed by atoms with Crippen molar-refractivity contribution in [1.82, 2.24) is 4.57 Å². The first kappa shape index (κ1) is 10.8. The number of benzene rings is 1. The van der Waals surface area contributed by atoms with Crippen LogP contribution in [0.3, 0.4) is 0 Å². The number of nitrogens with zero attached hydrogens (tertiary/aromatic N) is 1. The summed E-state index contributed by atoms with van der Waals surface area (Å²) in [5.41, 5.74) is 2.56. The Bertz CT molecular complexity index is 525. The van der Waals surface area contributed by atoms with Gasteiger partial charge >= 0.3 is 0 Å². The van der Waals surface area contributed by atoms with E-state index >= 15 is 0 Å². The fourth-order valence-electron chi connectivity index (χ4n) is 2.58. The molecular formula is C15H19NO. The first-order chi connectivity index (χ1) is 8.29. The zero-order valence-corrected chi connectivity index (χ0v) is 10.3. The topological polar surface area (TPSA) is 25.2 Å². The molecule has 3 rings (SSSR count). The summed E-state index contributed by atoms with van der Waals surface area (Å²) in [4.78, 5) is 0. The number of aromatic nitrogens is 1. The van der Waals surface area contributed by atoms with Gasteiger partial charge in [0.1, 0.15) is 0 Å². The number of aliphatic hydroxyl groups is 1. The van der Waals surface area contributed by atoms with Crippen LogP contribution >= 0.6 is 0 Å². The van der Waals surface area contributed by atoms with E-state index in [1.807, 2.05) is 0 Å².